The molecule has 4 nitrogen and oxygen atoms in total. The van der Waals surface area contributed by atoms with E-state index in [1.165, 1.54) is 0 Å². The third-order valence-corrected chi connectivity index (χ3v) is 4.25. The Morgan fingerprint density at radius 2 is 2.05 bits per heavy atom. The molecule has 0 aliphatic rings. The summed E-state index contributed by atoms with van der Waals surface area (Å²) in [6.45, 7) is 3.73. The van der Waals surface area contributed by atoms with Crippen molar-refractivity contribution in [2.45, 2.75) is 19.9 Å². The Morgan fingerprint density at radius 1 is 1.40 bits per heavy atom. The topological polar surface area (TPSA) is 53.4 Å². The molecule has 106 valence electrons. The molecule has 1 amide bonds. The van der Waals surface area contributed by atoms with Crippen LogP contribution in [0.2, 0.25) is 0 Å². The first kappa shape index (κ1) is 14.7. The second kappa shape index (κ2) is 6.15. The molecule has 0 aliphatic carbocycles. The zero-order valence-corrected chi connectivity index (χ0v) is 12.6. The van der Waals surface area contributed by atoms with Crippen molar-refractivity contribution in [3.05, 3.63) is 40.9 Å². The lowest BCUT2D eigenvalue weighted by Crippen LogP contribution is -2.37. The number of aliphatic hydroxyl groups excluding tert-OH is 1. The standard InChI is InChI=1S/C15H18N2O2S/c1-10-9-20-14(16-10)12-4-6-13(7-5-12)15(19)17(3)11(2)8-18/h4-7,9,11,18H,8H2,1-3H3. The number of carbonyl (C=O) groups excluding carboxylic acids is 1. The van der Waals surface area contributed by atoms with Gasteiger partial charge in [0.25, 0.3) is 5.91 Å². The molecule has 0 fully saturated rings. The Labute approximate surface area is 122 Å². The van der Waals surface area contributed by atoms with E-state index in [4.69, 9.17) is 5.11 Å². The Hall–Kier alpha value is -1.72. The van der Waals surface area contributed by atoms with Crippen LogP contribution in [0.15, 0.2) is 29.6 Å². The molecule has 0 saturated carbocycles. The largest absolute Gasteiger partial charge is 0.394 e. The van der Waals surface area contributed by atoms with Crippen molar-refractivity contribution in [2.75, 3.05) is 13.7 Å². The summed E-state index contributed by atoms with van der Waals surface area (Å²) in [6, 6.07) is 7.22. The zero-order valence-electron chi connectivity index (χ0n) is 11.8. The number of hydrogen-bond donors (Lipinski definition) is 1. The summed E-state index contributed by atoms with van der Waals surface area (Å²) in [5.41, 5.74) is 2.63. The van der Waals surface area contributed by atoms with Crippen LogP contribution in [0.1, 0.15) is 23.0 Å². The Morgan fingerprint density at radius 3 is 2.55 bits per heavy atom. The molecule has 1 aromatic heterocycles. The Kier molecular flexibility index (Phi) is 4.52. The number of amides is 1. The van der Waals surface area contributed by atoms with Crippen LogP contribution < -0.4 is 0 Å². The smallest absolute Gasteiger partial charge is 0.253 e. The fourth-order valence-corrected chi connectivity index (χ4v) is 2.57. The lowest BCUT2D eigenvalue weighted by molar-refractivity contribution is 0.0682. The molecule has 2 aromatic rings. The number of nitrogens with zero attached hydrogens (tertiary/aromatic N) is 2. The normalized spacial score (nSPS) is 12.2. The number of thiazole rings is 1. The number of benzene rings is 1. The predicted molar refractivity (Wildman–Crippen MR) is 80.9 cm³/mol. The van der Waals surface area contributed by atoms with Crippen LogP contribution in [0.25, 0.3) is 10.6 Å². The maximum Gasteiger partial charge on any atom is 0.253 e. The van der Waals surface area contributed by atoms with E-state index in [1.54, 1.807) is 35.4 Å². The fourth-order valence-electron chi connectivity index (χ4n) is 1.77. The molecule has 0 radical (unpaired) electrons. The maximum absolute atomic E-state index is 12.2. The van der Waals surface area contributed by atoms with Crippen molar-refractivity contribution < 1.29 is 9.90 Å². The number of rotatable bonds is 4. The summed E-state index contributed by atoms with van der Waals surface area (Å²) in [7, 11) is 1.70. The maximum atomic E-state index is 12.2. The van der Waals surface area contributed by atoms with E-state index in [2.05, 4.69) is 4.98 Å². The van der Waals surface area contributed by atoms with E-state index < -0.39 is 0 Å². The second-order valence-electron chi connectivity index (χ2n) is 4.82. The molecule has 1 aromatic carbocycles. The van der Waals surface area contributed by atoms with Gasteiger partial charge in [-0.25, -0.2) is 4.98 Å². The lowest BCUT2D eigenvalue weighted by atomic mass is 10.1. The number of aromatic nitrogens is 1. The van der Waals surface area contributed by atoms with Crippen LogP contribution in [0.5, 0.6) is 0 Å². The predicted octanol–water partition coefficient (Wildman–Crippen LogP) is 2.57. The van der Waals surface area contributed by atoms with Crippen molar-refractivity contribution >= 4 is 17.2 Å². The SMILES string of the molecule is Cc1csc(-c2ccc(C(=O)N(C)C(C)CO)cc2)n1. The number of likely N-dealkylation sites (N-methyl/N-ethyl adjacent to an activating group) is 1. The molecular weight excluding hydrogens is 272 g/mol. The van der Waals surface area contributed by atoms with E-state index in [-0.39, 0.29) is 18.6 Å². The van der Waals surface area contributed by atoms with Crippen molar-refractivity contribution in [3.8, 4) is 10.6 Å². The molecule has 0 saturated heterocycles. The van der Waals surface area contributed by atoms with E-state index in [0.717, 1.165) is 16.3 Å². The van der Waals surface area contributed by atoms with Crippen LogP contribution in [0.3, 0.4) is 0 Å². The molecule has 2 rings (SSSR count). The Balaban J connectivity index is 2.18. The van der Waals surface area contributed by atoms with Gasteiger partial charge < -0.3 is 10.0 Å². The minimum atomic E-state index is -0.191. The van der Waals surface area contributed by atoms with Gasteiger partial charge in [0.05, 0.1) is 12.6 Å². The first-order valence-corrected chi connectivity index (χ1v) is 7.31. The monoisotopic (exact) mass is 290 g/mol. The van der Waals surface area contributed by atoms with E-state index in [9.17, 15) is 4.79 Å². The average molecular weight is 290 g/mol. The third kappa shape index (κ3) is 3.05. The first-order chi connectivity index (χ1) is 9.52. The second-order valence-corrected chi connectivity index (χ2v) is 5.68. The highest BCUT2D eigenvalue weighted by Crippen LogP contribution is 2.24. The van der Waals surface area contributed by atoms with Crippen LogP contribution >= 0.6 is 11.3 Å². The molecule has 20 heavy (non-hydrogen) atoms. The van der Waals surface area contributed by atoms with E-state index >= 15 is 0 Å². The summed E-state index contributed by atoms with van der Waals surface area (Å²) < 4.78 is 0. The quantitative estimate of drug-likeness (QED) is 0.941. The number of aliphatic hydroxyl groups is 1. The highest BCUT2D eigenvalue weighted by Gasteiger charge is 2.16. The molecule has 5 heteroatoms. The van der Waals surface area contributed by atoms with Crippen molar-refractivity contribution in [1.82, 2.24) is 9.88 Å². The summed E-state index contributed by atoms with van der Waals surface area (Å²) >= 11 is 1.59. The molecule has 1 atom stereocenters. The highest BCUT2D eigenvalue weighted by atomic mass is 32.1. The molecule has 1 N–H and O–H groups in total. The van der Waals surface area contributed by atoms with E-state index in [1.807, 2.05) is 31.4 Å². The van der Waals surface area contributed by atoms with Crippen molar-refractivity contribution in [1.29, 1.82) is 0 Å². The average Bonchev–Trinajstić information content (AvgIpc) is 2.91. The number of aryl methyl sites for hydroxylation is 1. The lowest BCUT2D eigenvalue weighted by Gasteiger charge is -2.23. The van der Waals surface area contributed by atoms with Gasteiger partial charge in [-0.1, -0.05) is 12.1 Å². The molecule has 0 aliphatic heterocycles. The summed E-state index contributed by atoms with van der Waals surface area (Å²) in [4.78, 5) is 18.2. The molecular formula is C15H18N2O2S. The van der Waals surface area contributed by atoms with Gasteiger partial charge in [0.1, 0.15) is 5.01 Å². The number of hydrogen-bond acceptors (Lipinski definition) is 4. The van der Waals surface area contributed by atoms with Crippen molar-refractivity contribution in [2.24, 2.45) is 0 Å². The first-order valence-electron chi connectivity index (χ1n) is 6.43. The van der Waals surface area contributed by atoms with Crippen molar-refractivity contribution in [3.63, 3.8) is 0 Å². The van der Waals surface area contributed by atoms with E-state index in [0.29, 0.717) is 5.56 Å². The molecule has 0 bridgehead atoms. The van der Waals surface area contributed by atoms with Gasteiger partial charge in [0.15, 0.2) is 0 Å². The third-order valence-electron chi connectivity index (χ3n) is 3.24. The molecule has 1 heterocycles. The summed E-state index contributed by atoms with van der Waals surface area (Å²) in [5.74, 6) is -0.0894. The number of carbonyl (C=O) groups is 1. The highest BCUT2D eigenvalue weighted by molar-refractivity contribution is 7.13. The summed E-state index contributed by atoms with van der Waals surface area (Å²) in [5, 5.41) is 12.1. The molecule has 0 spiro atoms. The fraction of sp³-hybridized carbons (Fsp3) is 0.333. The minimum Gasteiger partial charge on any atom is -0.394 e. The minimum absolute atomic E-state index is 0.0429. The Bertz CT molecular complexity index is 592. The summed E-state index contributed by atoms with van der Waals surface area (Å²) in [6.07, 6.45) is 0. The van der Waals surface area contributed by atoms with Crippen LogP contribution in [0.4, 0.5) is 0 Å². The molecule has 1 unspecified atom stereocenters. The zero-order chi connectivity index (χ0) is 14.7. The van der Waals surface area contributed by atoms with Gasteiger partial charge in [-0.15, -0.1) is 11.3 Å². The van der Waals surface area contributed by atoms with Crippen LogP contribution in [-0.4, -0.2) is 40.6 Å². The van der Waals surface area contributed by atoms with Crippen LogP contribution in [-0.2, 0) is 0 Å². The van der Waals surface area contributed by atoms with Gasteiger partial charge in [-0.05, 0) is 26.0 Å². The van der Waals surface area contributed by atoms with Gasteiger partial charge in [-0.2, -0.15) is 0 Å². The van der Waals surface area contributed by atoms with Gasteiger partial charge in [-0.3, -0.25) is 4.79 Å². The van der Waals surface area contributed by atoms with Gasteiger partial charge in [0, 0.05) is 29.2 Å². The van der Waals surface area contributed by atoms with Gasteiger partial charge in [0.2, 0.25) is 0 Å². The van der Waals surface area contributed by atoms with Gasteiger partial charge >= 0.3 is 0 Å². The van der Waals surface area contributed by atoms with Crippen LogP contribution in [0, 0.1) is 6.92 Å².